The number of aliphatic hydroxyl groups is 2. The normalized spacial score (nSPS) is 22.0. The molecule has 0 aliphatic heterocycles. The number of aromatic nitrogens is 1. The number of pyridine rings is 1. The van der Waals surface area contributed by atoms with Gasteiger partial charge in [-0.15, -0.1) is 11.3 Å². The maximum atomic E-state index is 15.3. The Labute approximate surface area is 324 Å². The molecule has 4 aromatic rings. The lowest BCUT2D eigenvalue weighted by Gasteiger charge is -2.34. The molecule has 0 spiro atoms. The van der Waals surface area contributed by atoms with Gasteiger partial charge in [0.05, 0.1) is 43.9 Å². The predicted molar refractivity (Wildman–Crippen MR) is 207 cm³/mol. The molecule has 2 aliphatic carbocycles. The number of hydrogen-bond donors (Lipinski definition) is 5. The highest BCUT2D eigenvalue weighted by Crippen LogP contribution is 2.63. The quantitative estimate of drug-likeness (QED) is 0.113. The topological polar surface area (TPSA) is 159 Å². The molecule has 1 fully saturated rings. The lowest BCUT2D eigenvalue weighted by atomic mass is 9.84. The summed E-state index contributed by atoms with van der Waals surface area (Å²) in [6, 6.07) is 16.9. The Morgan fingerprint density at radius 3 is 2.38 bits per heavy atom. The van der Waals surface area contributed by atoms with Crippen LogP contribution in [0, 0.1) is 16.6 Å². The number of halogens is 1. The van der Waals surface area contributed by atoms with Gasteiger partial charge in [-0.05, 0) is 83.4 Å². The van der Waals surface area contributed by atoms with Gasteiger partial charge in [-0.3, -0.25) is 9.59 Å². The lowest BCUT2D eigenvalue weighted by Crippen LogP contribution is -2.58. The predicted octanol–water partition coefficient (Wildman–Crippen LogP) is 5.85. The average Bonchev–Trinajstić information content (AvgIpc) is 3.68. The molecule has 292 valence electrons. The fraction of sp³-hybridized carbons (Fsp3) is 0.429. The first-order chi connectivity index (χ1) is 26.2. The SMILES string of the molecule is COC(=O)N[C@H](C(=O)N[C@@H](Cc1ccc(-c2ccc(OC)nc2)cc1)[C@@H](O)C[C@]1(C(=O)N[C@H]2c3ccsc3CC[C@H]2O)C[C@H]1c1ccccc1F)C(C)(C)C. The van der Waals surface area contributed by atoms with Gasteiger partial charge >= 0.3 is 6.09 Å². The van der Waals surface area contributed by atoms with Crippen LogP contribution in [0.25, 0.3) is 11.1 Å². The minimum atomic E-state index is -1.29. The van der Waals surface area contributed by atoms with Gasteiger partial charge in [0.1, 0.15) is 11.9 Å². The fourth-order valence-corrected chi connectivity index (χ4v) is 8.60. The van der Waals surface area contributed by atoms with E-state index in [9.17, 15) is 24.6 Å². The van der Waals surface area contributed by atoms with Crippen molar-refractivity contribution in [2.24, 2.45) is 10.8 Å². The first-order valence-corrected chi connectivity index (χ1v) is 19.3. The molecule has 55 heavy (non-hydrogen) atoms. The third kappa shape index (κ3) is 8.84. The Kier molecular flexibility index (Phi) is 11.9. The number of thiophene rings is 1. The largest absolute Gasteiger partial charge is 0.481 e. The number of ether oxygens (including phenoxy) is 2. The van der Waals surface area contributed by atoms with E-state index in [0.717, 1.165) is 27.1 Å². The van der Waals surface area contributed by atoms with Crippen LogP contribution in [-0.2, 0) is 27.2 Å². The van der Waals surface area contributed by atoms with Gasteiger partial charge in [-0.2, -0.15) is 0 Å². The summed E-state index contributed by atoms with van der Waals surface area (Å²) in [5.41, 5.74) is 1.81. The van der Waals surface area contributed by atoms with E-state index in [-0.39, 0.29) is 19.3 Å². The average molecular weight is 773 g/mol. The summed E-state index contributed by atoms with van der Waals surface area (Å²) in [6.45, 7) is 5.39. The summed E-state index contributed by atoms with van der Waals surface area (Å²) in [7, 11) is 2.76. The molecule has 11 nitrogen and oxygen atoms in total. The summed E-state index contributed by atoms with van der Waals surface area (Å²) < 4.78 is 25.3. The molecule has 2 heterocycles. The molecular formula is C42H49FN4O7S. The number of methoxy groups -OCH3 is 2. The molecule has 0 saturated heterocycles. The van der Waals surface area contributed by atoms with Crippen LogP contribution in [0.3, 0.4) is 0 Å². The van der Waals surface area contributed by atoms with Crippen LogP contribution in [0.15, 0.2) is 78.3 Å². The molecule has 2 aromatic heterocycles. The van der Waals surface area contributed by atoms with Gasteiger partial charge in [0.2, 0.25) is 17.7 Å². The molecule has 0 unspecified atom stereocenters. The molecule has 7 atom stereocenters. The summed E-state index contributed by atoms with van der Waals surface area (Å²) in [6.07, 6.45) is 0.351. The number of nitrogens with zero attached hydrogens (tertiary/aromatic N) is 1. The van der Waals surface area contributed by atoms with Gasteiger partial charge < -0.3 is 35.6 Å². The summed E-state index contributed by atoms with van der Waals surface area (Å²) >= 11 is 1.58. The fourth-order valence-electron chi connectivity index (χ4n) is 7.66. The second kappa shape index (κ2) is 16.5. The minimum absolute atomic E-state index is 0.109. The first kappa shape index (κ1) is 39.8. The highest BCUT2D eigenvalue weighted by atomic mass is 32.1. The van der Waals surface area contributed by atoms with Crippen LogP contribution in [0.5, 0.6) is 5.88 Å². The second-order valence-corrected chi connectivity index (χ2v) is 16.6. The second-order valence-electron chi connectivity index (χ2n) is 15.6. The van der Waals surface area contributed by atoms with Crippen molar-refractivity contribution in [1.82, 2.24) is 20.9 Å². The summed E-state index contributed by atoms with van der Waals surface area (Å²) in [5, 5.41) is 33.8. The minimum Gasteiger partial charge on any atom is -0.481 e. The maximum Gasteiger partial charge on any atom is 0.407 e. The van der Waals surface area contributed by atoms with Crippen molar-refractivity contribution in [2.45, 2.75) is 89.1 Å². The molecule has 2 aliphatic rings. The smallest absolute Gasteiger partial charge is 0.407 e. The highest BCUT2D eigenvalue weighted by molar-refractivity contribution is 7.10. The van der Waals surface area contributed by atoms with Crippen molar-refractivity contribution in [3.05, 3.63) is 106 Å². The molecule has 1 saturated carbocycles. The van der Waals surface area contributed by atoms with Crippen LogP contribution in [-0.4, -0.2) is 71.6 Å². The van der Waals surface area contributed by atoms with E-state index in [0.29, 0.717) is 24.3 Å². The number of fused-ring (bicyclic) bond motifs is 1. The number of aryl methyl sites for hydroxylation is 1. The molecular weight excluding hydrogens is 724 g/mol. The number of aliphatic hydroxyl groups excluding tert-OH is 2. The van der Waals surface area contributed by atoms with Gasteiger partial charge in [-0.25, -0.2) is 14.2 Å². The standard InChI is InChI=1S/C42H49FN4O7S/c1-41(2,3)37(47-40(52)54-5)38(50)45-31(20-24-10-12-25(13-11-24)26-14-17-35(53-4)44-23-26)33(49)22-42(21-29(42)27-8-6-7-9-30(27)43)39(51)46-36-28-18-19-55-34(28)16-15-32(36)48/h6-14,17-19,23,29,31-33,36-37,48-49H,15-16,20-22H2,1-5H3,(H,45,50)(H,46,51)(H,47,52)/t29-,31-,32+,33-,36-,37+,42+/m0/s1. The monoisotopic (exact) mass is 772 g/mol. The Bertz CT molecular complexity index is 1980. The maximum absolute atomic E-state index is 15.3. The number of alkyl carbamates (subject to hydrolysis) is 1. The number of carbonyl (C=O) groups excluding carboxylic acids is 3. The Morgan fingerprint density at radius 1 is 1.00 bits per heavy atom. The number of amides is 3. The zero-order valence-corrected chi connectivity index (χ0v) is 32.5. The van der Waals surface area contributed by atoms with E-state index in [1.807, 2.05) is 41.8 Å². The third-order valence-corrected chi connectivity index (χ3v) is 11.9. The van der Waals surface area contributed by atoms with Crippen molar-refractivity contribution in [3.8, 4) is 17.0 Å². The Morgan fingerprint density at radius 2 is 1.73 bits per heavy atom. The van der Waals surface area contributed by atoms with Gasteiger partial charge in [-0.1, -0.05) is 63.2 Å². The van der Waals surface area contributed by atoms with Crippen LogP contribution in [0.1, 0.15) is 73.6 Å². The number of carbonyl (C=O) groups is 3. The Balaban J connectivity index is 1.31. The Hall–Kier alpha value is -4.85. The van der Waals surface area contributed by atoms with E-state index in [1.54, 1.807) is 69.7 Å². The molecule has 2 aromatic carbocycles. The van der Waals surface area contributed by atoms with E-state index in [4.69, 9.17) is 9.47 Å². The van der Waals surface area contributed by atoms with Gasteiger partial charge in [0, 0.05) is 28.6 Å². The van der Waals surface area contributed by atoms with Crippen molar-refractivity contribution in [2.75, 3.05) is 14.2 Å². The number of nitrogens with one attached hydrogen (secondary N) is 3. The molecule has 6 rings (SSSR count). The summed E-state index contributed by atoms with van der Waals surface area (Å²) in [4.78, 5) is 46.2. The van der Waals surface area contributed by atoms with Crippen molar-refractivity contribution in [1.29, 1.82) is 0 Å². The zero-order chi connectivity index (χ0) is 39.5. The van der Waals surface area contributed by atoms with E-state index in [2.05, 4.69) is 20.9 Å². The molecule has 5 N–H and O–H groups in total. The van der Waals surface area contributed by atoms with Crippen molar-refractivity contribution >= 4 is 29.2 Å². The zero-order valence-electron chi connectivity index (χ0n) is 31.7. The number of rotatable bonds is 13. The van der Waals surface area contributed by atoms with Gasteiger partial charge in [0.15, 0.2) is 0 Å². The van der Waals surface area contributed by atoms with E-state index in [1.165, 1.54) is 13.2 Å². The molecule has 0 radical (unpaired) electrons. The van der Waals surface area contributed by atoms with Crippen LogP contribution in [0.4, 0.5) is 9.18 Å². The first-order valence-electron chi connectivity index (χ1n) is 18.5. The van der Waals surface area contributed by atoms with Crippen LogP contribution >= 0.6 is 11.3 Å². The highest BCUT2D eigenvalue weighted by Gasteiger charge is 2.62. The van der Waals surface area contributed by atoms with Crippen molar-refractivity contribution < 1.29 is 38.5 Å². The lowest BCUT2D eigenvalue weighted by molar-refractivity contribution is -0.130. The number of benzene rings is 2. The van der Waals surface area contributed by atoms with Crippen LogP contribution < -0.4 is 20.7 Å². The van der Waals surface area contributed by atoms with E-state index >= 15 is 4.39 Å². The third-order valence-electron chi connectivity index (χ3n) is 10.9. The molecule has 0 bridgehead atoms. The van der Waals surface area contributed by atoms with Crippen molar-refractivity contribution in [3.63, 3.8) is 0 Å². The van der Waals surface area contributed by atoms with Crippen LogP contribution in [0.2, 0.25) is 0 Å². The van der Waals surface area contributed by atoms with E-state index < -0.39 is 70.8 Å². The van der Waals surface area contributed by atoms with Gasteiger partial charge in [0.25, 0.3) is 0 Å². The summed E-state index contributed by atoms with van der Waals surface area (Å²) in [5.74, 6) is -1.45. The molecule has 13 heteroatoms. The molecule has 3 amide bonds. The number of hydrogen-bond acceptors (Lipinski definition) is 9.